The molecule has 2 amide bonds. The Labute approximate surface area is 163 Å². The van der Waals surface area contributed by atoms with Gasteiger partial charge in [0.05, 0.1) is 12.3 Å². The molecule has 1 rings (SSSR count). The topological polar surface area (TPSA) is 75.7 Å². The van der Waals surface area contributed by atoms with Gasteiger partial charge >= 0.3 is 5.97 Å². The van der Waals surface area contributed by atoms with Crippen LogP contribution in [0.1, 0.15) is 59.3 Å². The van der Waals surface area contributed by atoms with Gasteiger partial charge in [0.2, 0.25) is 11.8 Å². The summed E-state index contributed by atoms with van der Waals surface area (Å²) in [5.41, 5.74) is -0.579. The van der Waals surface area contributed by atoms with E-state index in [1.807, 2.05) is 0 Å². The first-order valence-electron chi connectivity index (χ1n) is 9.68. The maximum Gasteiger partial charge on any atom is 0.307 e. The monoisotopic (exact) mass is 378 g/mol. The molecule has 0 radical (unpaired) electrons. The van der Waals surface area contributed by atoms with Crippen LogP contribution in [0.25, 0.3) is 0 Å². The molecule has 0 aromatic heterocycles. The van der Waals surface area contributed by atoms with E-state index in [0.717, 1.165) is 12.8 Å². The van der Waals surface area contributed by atoms with Crippen molar-refractivity contribution >= 4 is 17.8 Å². The lowest BCUT2D eigenvalue weighted by molar-refractivity contribution is -0.158. The van der Waals surface area contributed by atoms with Crippen molar-refractivity contribution in [2.45, 2.75) is 70.9 Å². The molecule has 2 atom stereocenters. The van der Waals surface area contributed by atoms with Crippen molar-refractivity contribution in [3.05, 3.63) is 25.3 Å². The summed E-state index contributed by atoms with van der Waals surface area (Å²) in [5, 5.41) is 2.89. The lowest BCUT2D eigenvalue weighted by Crippen LogP contribution is -2.45. The van der Waals surface area contributed by atoms with E-state index >= 15 is 0 Å². The number of nitrogens with zero attached hydrogens (tertiary/aromatic N) is 1. The highest BCUT2D eigenvalue weighted by Crippen LogP contribution is 2.24. The zero-order valence-corrected chi connectivity index (χ0v) is 17.0. The summed E-state index contributed by atoms with van der Waals surface area (Å²) < 4.78 is 5.36. The third-order valence-electron chi connectivity index (χ3n) is 4.40. The van der Waals surface area contributed by atoms with Gasteiger partial charge in [0.25, 0.3) is 0 Å². The van der Waals surface area contributed by atoms with Gasteiger partial charge in [-0.1, -0.05) is 12.2 Å². The summed E-state index contributed by atoms with van der Waals surface area (Å²) in [6.45, 7) is 13.8. The second kappa shape index (κ2) is 10.9. The van der Waals surface area contributed by atoms with Crippen LogP contribution in [0.3, 0.4) is 0 Å². The quantitative estimate of drug-likeness (QED) is 0.468. The van der Waals surface area contributed by atoms with Crippen molar-refractivity contribution in [2.75, 3.05) is 13.1 Å². The van der Waals surface area contributed by atoms with Crippen molar-refractivity contribution in [3.63, 3.8) is 0 Å². The van der Waals surface area contributed by atoms with E-state index in [1.165, 1.54) is 0 Å². The molecular weight excluding hydrogens is 344 g/mol. The SMILES string of the molecule is C=CCCC(=O)NC[C@@H]1CCCN1C(=O)C(CC=C)CC(=O)OC(C)(C)C. The van der Waals surface area contributed by atoms with E-state index in [1.54, 1.807) is 37.8 Å². The number of carbonyl (C=O) groups is 3. The minimum Gasteiger partial charge on any atom is -0.460 e. The Morgan fingerprint density at radius 3 is 2.56 bits per heavy atom. The van der Waals surface area contributed by atoms with Crippen LogP contribution in [0.4, 0.5) is 0 Å². The first-order chi connectivity index (χ1) is 12.7. The summed E-state index contributed by atoms with van der Waals surface area (Å²) in [6, 6.07) is -0.0314. The molecule has 152 valence electrons. The number of hydrogen-bond acceptors (Lipinski definition) is 4. The van der Waals surface area contributed by atoms with Crippen LogP contribution in [0.2, 0.25) is 0 Å². The predicted molar refractivity (Wildman–Crippen MR) is 106 cm³/mol. The van der Waals surface area contributed by atoms with E-state index in [4.69, 9.17) is 4.74 Å². The minimum absolute atomic E-state index is 0.0314. The van der Waals surface area contributed by atoms with Gasteiger partial charge in [-0.05, 0) is 46.5 Å². The Bertz CT molecular complexity index is 551. The van der Waals surface area contributed by atoms with E-state index < -0.39 is 11.5 Å². The molecule has 1 unspecified atom stereocenters. The molecule has 1 heterocycles. The third-order valence-corrected chi connectivity index (χ3v) is 4.40. The summed E-state index contributed by atoms with van der Waals surface area (Å²) >= 11 is 0. The van der Waals surface area contributed by atoms with Crippen LogP contribution >= 0.6 is 0 Å². The summed E-state index contributed by atoms with van der Waals surface area (Å²) in [7, 11) is 0. The van der Waals surface area contributed by atoms with Crippen LogP contribution in [0, 0.1) is 5.92 Å². The number of nitrogens with one attached hydrogen (secondary N) is 1. The second-order valence-corrected chi connectivity index (χ2v) is 7.97. The highest BCUT2D eigenvalue weighted by atomic mass is 16.6. The molecule has 0 aromatic carbocycles. The van der Waals surface area contributed by atoms with Gasteiger partial charge < -0.3 is 15.0 Å². The standard InChI is InChI=1S/C21H34N2O4/c1-6-8-12-18(24)22-15-17-11-9-13-23(17)20(26)16(10-7-2)14-19(25)27-21(3,4)5/h6-7,16-17H,1-2,8-15H2,3-5H3,(H,22,24)/t16?,17-/m0/s1. The van der Waals surface area contributed by atoms with E-state index in [2.05, 4.69) is 18.5 Å². The molecule has 1 N–H and O–H groups in total. The summed E-state index contributed by atoms with van der Waals surface area (Å²) in [6.07, 6.45) is 6.62. The van der Waals surface area contributed by atoms with Crippen molar-refractivity contribution in [3.8, 4) is 0 Å². The predicted octanol–water partition coefficient (Wildman–Crippen LogP) is 2.98. The lowest BCUT2D eigenvalue weighted by Gasteiger charge is -2.29. The van der Waals surface area contributed by atoms with E-state index in [0.29, 0.717) is 32.4 Å². The van der Waals surface area contributed by atoms with Crippen molar-refractivity contribution in [2.24, 2.45) is 5.92 Å². The molecule has 0 saturated carbocycles. The van der Waals surface area contributed by atoms with Gasteiger partial charge in [-0.3, -0.25) is 14.4 Å². The van der Waals surface area contributed by atoms with Gasteiger partial charge in [0.1, 0.15) is 5.60 Å². The second-order valence-electron chi connectivity index (χ2n) is 7.97. The first-order valence-corrected chi connectivity index (χ1v) is 9.68. The molecule has 0 aliphatic carbocycles. The maximum atomic E-state index is 13.0. The van der Waals surface area contributed by atoms with Crippen LogP contribution in [0.5, 0.6) is 0 Å². The molecule has 1 fully saturated rings. The van der Waals surface area contributed by atoms with E-state index in [9.17, 15) is 14.4 Å². The normalized spacial score (nSPS) is 17.9. The Kier molecular flexibility index (Phi) is 9.26. The van der Waals surface area contributed by atoms with Crippen LogP contribution in [-0.4, -0.2) is 47.4 Å². The number of ether oxygens (including phenoxy) is 1. The number of carbonyl (C=O) groups excluding carboxylic acids is 3. The number of rotatable bonds is 10. The van der Waals surface area contributed by atoms with Gasteiger partial charge in [-0.15, -0.1) is 13.2 Å². The van der Waals surface area contributed by atoms with E-state index in [-0.39, 0.29) is 30.2 Å². The van der Waals surface area contributed by atoms with Gasteiger partial charge in [-0.2, -0.15) is 0 Å². The average molecular weight is 379 g/mol. The Hall–Kier alpha value is -2.11. The number of likely N-dealkylation sites (tertiary alicyclic amines) is 1. The van der Waals surface area contributed by atoms with Crippen molar-refractivity contribution in [1.82, 2.24) is 10.2 Å². The average Bonchev–Trinajstić information content (AvgIpc) is 3.03. The Balaban J connectivity index is 2.67. The molecule has 6 heteroatoms. The van der Waals surface area contributed by atoms with Crippen molar-refractivity contribution in [1.29, 1.82) is 0 Å². The lowest BCUT2D eigenvalue weighted by atomic mass is 9.99. The zero-order valence-electron chi connectivity index (χ0n) is 17.0. The number of esters is 1. The van der Waals surface area contributed by atoms with Crippen molar-refractivity contribution < 1.29 is 19.1 Å². The molecule has 1 aliphatic rings. The van der Waals surface area contributed by atoms with Gasteiger partial charge in [0, 0.05) is 25.6 Å². The zero-order chi connectivity index (χ0) is 20.4. The molecule has 6 nitrogen and oxygen atoms in total. The minimum atomic E-state index is -0.579. The number of allylic oxidation sites excluding steroid dienone is 2. The smallest absolute Gasteiger partial charge is 0.307 e. The molecule has 27 heavy (non-hydrogen) atoms. The number of hydrogen-bond donors (Lipinski definition) is 1. The third kappa shape index (κ3) is 8.41. The summed E-state index contributed by atoms with van der Waals surface area (Å²) in [4.78, 5) is 38.8. The number of amides is 2. The van der Waals surface area contributed by atoms with Crippen LogP contribution in [0.15, 0.2) is 25.3 Å². The fourth-order valence-electron chi connectivity index (χ4n) is 3.18. The van der Waals surface area contributed by atoms with Crippen LogP contribution < -0.4 is 5.32 Å². The molecule has 1 saturated heterocycles. The van der Waals surface area contributed by atoms with Gasteiger partial charge in [0.15, 0.2) is 0 Å². The molecular formula is C21H34N2O4. The fourth-order valence-corrected chi connectivity index (χ4v) is 3.18. The van der Waals surface area contributed by atoms with Crippen LogP contribution in [-0.2, 0) is 19.1 Å². The highest BCUT2D eigenvalue weighted by molar-refractivity contribution is 5.84. The largest absolute Gasteiger partial charge is 0.460 e. The van der Waals surface area contributed by atoms with Gasteiger partial charge in [-0.25, -0.2) is 0 Å². The molecule has 0 bridgehead atoms. The fraction of sp³-hybridized carbons (Fsp3) is 0.667. The first kappa shape index (κ1) is 22.9. The Morgan fingerprint density at radius 2 is 1.96 bits per heavy atom. The summed E-state index contributed by atoms with van der Waals surface area (Å²) in [5.74, 6) is -0.959. The maximum absolute atomic E-state index is 13.0. The highest BCUT2D eigenvalue weighted by Gasteiger charge is 2.34. The molecule has 0 spiro atoms. The molecule has 1 aliphatic heterocycles. The molecule has 0 aromatic rings. The Morgan fingerprint density at radius 1 is 1.26 bits per heavy atom.